The van der Waals surface area contributed by atoms with E-state index in [0.29, 0.717) is 12.1 Å². The molecule has 0 aliphatic carbocycles. The summed E-state index contributed by atoms with van der Waals surface area (Å²) < 4.78 is 13.2. The Kier molecular flexibility index (Phi) is 5.59. The molecule has 24 heavy (non-hydrogen) atoms. The van der Waals surface area contributed by atoms with Gasteiger partial charge in [-0.1, -0.05) is 24.3 Å². The summed E-state index contributed by atoms with van der Waals surface area (Å²) >= 11 is 0. The third kappa shape index (κ3) is 4.60. The number of para-hydroxylation sites is 1. The van der Waals surface area contributed by atoms with E-state index < -0.39 is 4.92 Å². The molecular formula is C17H19FN3O3+. The first-order valence-corrected chi connectivity index (χ1v) is 7.46. The highest BCUT2D eigenvalue weighted by atomic mass is 19.1. The number of nitro groups is 1. The Morgan fingerprint density at radius 3 is 2.67 bits per heavy atom. The van der Waals surface area contributed by atoms with Gasteiger partial charge in [0.1, 0.15) is 18.0 Å². The minimum Gasteiger partial charge on any atom is -0.326 e. The number of carbonyl (C=O) groups excluding carboxylic acids is 1. The van der Waals surface area contributed by atoms with Crippen molar-refractivity contribution in [2.75, 3.05) is 18.9 Å². The molecule has 6 nitrogen and oxygen atoms in total. The van der Waals surface area contributed by atoms with E-state index in [2.05, 4.69) is 5.32 Å². The zero-order valence-corrected chi connectivity index (χ0v) is 13.5. The lowest BCUT2D eigenvalue weighted by Crippen LogP contribution is -3.08. The van der Waals surface area contributed by atoms with Crippen LogP contribution < -0.4 is 10.2 Å². The Hall–Kier alpha value is -2.80. The van der Waals surface area contributed by atoms with E-state index in [4.69, 9.17) is 0 Å². The second kappa shape index (κ2) is 7.65. The second-order valence-electron chi connectivity index (χ2n) is 5.71. The van der Waals surface area contributed by atoms with Gasteiger partial charge in [0, 0.05) is 11.6 Å². The van der Waals surface area contributed by atoms with E-state index in [1.54, 1.807) is 38.2 Å². The van der Waals surface area contributed by atoms with Gasteiger partial charge in [-0.05, 0) is 24.6 Å². The molecule has 2 rings (SSSR count). The number of quaternary nitrogens is 1. The molecule has 0 bridgehead atoms. The van der Waals surface area contributed by atoms with Crippen LogP contribution in [-0.4, -0.2) is 24.4 Å². The van der Waals surface area contributed by atoms with Gasteiger partial charge in [-0.15, -0.1) is 0 Å². The van der Waals surface area contributed by atoms with Crippen molar-refractivity contribution in [3.8, 4) is 0 Å². The smallest absolute Gasteiger partial charge is 0.293 e. The Bertz CT molecular complexity index is 764. The second-order valence-corrected chi connectivity index (χ2v) is 5.71. The summed E-state index contributed by atoms with van der Waals surface area (Å²) in [5.74, 6) is -0.651. The van der Waals surface area contributed by atoms with Crippen molar-refractivity contribution in [2.45, 2.75) is 13.5 Å². The van der Waals surface area contributed by atoms with Gasteiger partial charge in [-0.25, -0.2) is 4.39 Å². The predicted molar refractivity (Wildman–Crippen MR) is 88.3 cm³/mol. The molecule has 2 aromatic rings. The molecule has 0 fully saturated rings. The fraction of sp³-hybridized carbons (Fsp3) is 0.235. The van der Waals surface area contributed by atoms with E-state index in [1.807, 2.05) is 0 Å². The van der Waals surface area contributed by atoms with Crippen molar-refractivity contribution in [1.82, 2.24) is 0 Å². The van der Waals surface area contributed by atoms with Crippen LogP contribution in [0.4, 0.5) is 15.8 Å². The lowest BCUT2D eigenvalue weighted by molar-refractivity contribution is -0.885. The van der Waals surface area contributed by atoms with Crippen LogP contribution in [0.15, 0.2) is 42.5 Å². The monoisotopic (exact) mass is 332 g/mol. The molecule has 0 aromatic heterocycles. The van der Waals surface area contributed by atoms with Crippen molar-refractivity contribution in [3.05, 3.63) is 69.5 Å². The number of nitrogens with zero attached hydrogens (tertiary/aromatic N) is 1. The van der Waals surface area contributed by atoms with E-state index in [1.165, 1.54) is 18.2 Å². The number of rotatable bonds is 6. The van der Waals surface area contributed by atoms with Crippen molar-refractivity contribution in [1.29, 1.82) is 0 Å². The van der Waals surface area contributed by atoms with Gasteiger partial charge in [-0.3, -0.25) is 14.9 Å². The first-order valence-electron chi connectivity index (χ1n) is 7.46. The number of likely N-dealkylation sites (N-methyl/N-ethyl adjacent to an activating group) is 1. The highest BCUT2D eigenvalue weighted by molar-refractivity contribution is 5.94. The van der Waals surface area contributed by atoms with Crippen molar-refractivity contribution in [3.63, 3.8) is 0 Å². The third-order valence-electron chi connectivity index (χ3n) is 3.57. The number of hydrogen-bond donors (Lipinski definition) is 2. The Labute approximate surface area is 139 Å². The summed E-state index contributed by atoms with van der Waals surface area (Å²) in [5, 5.41) is 13.7. The average molecular weight is 332 g/mol. The van der Waals surface area contributed by atoms with Crippen LogP contribution in [0.3, 0.4) is 0 Å². The summed E-state index contributed by atoms with van der Waals surface area (Å²) in [6, 6.07) is 10.8. The zero-order valence-electron chi connectivity index (χ0n) is 13.5. The molecule has 0 saturated carbocycles. The van der Waals surface area contributed by atoms with Gasteiger partial charge in [-0.2, -0.15) is 0 Å². The molecule has 0 saturated heterocycles. The molecule has 0 aliphatic rings. The number of amides is 1. The van der Waals surface area contributed by atoms with E-state index in [0.717, 1.165) is 10.5 Å². The number of aryl methyl sites for hydroxylation is 1. The number of nitro benzene ring substituents is 1. The summed E-state index contributed by atoms with van der Waals surface area (Å²) in [7, 11) is 1.80. The largest absolute Gasteiger partial charge is 0.326 e. The fourth-order valence-electron chi connectivity index (χ4n) is 2.48. The molecule has 0 aliphatic heterocycles. The quantitative estimate of drug-likeness (QED) is 0.624. The lowest BCUT2D eigenvalue weighted by atomic mass is 10.1. The molecule has 2 aromatic carbocycles. The Balaban J connectivity index is 2.02. The summed E-state index contributed by atoms with van der Waals surface area (Å²) in [6.45, 7) is 2.29. The zero-order chi connectivity index (χ0) is 17.7. The fourth-order valence-corrected chi connectivity index (χ4v) is 2.48. The average Bonchev–Trinajstić information content (AvgIpc) is 2.48. The summed E-state index contributed by atoms with van der Waals surface area (Å²) in [4.78, 5) is 23.6. The highest BCUT2D eigenvalue weighted by Gasteiger charge is 2.19. The maximum atomic E-state index is 13.2. The van der Waals surface area contributed by atoms with Crippen LogP contribution in [0.5, 0.6) is 0 Å². The van der Waals surface area contributed by atoms with Gasteiger partial charge >= 0.3 is 0 Å². The van der Waals surface area contributed by atoms with Gasteiger partial charge in [0.05, 0.1) is 12.0 Å². The van der Waals surface area contributed by atoms with Crippen LogP contribution in [0.1, 0.15) is 11.1 Å². The maximum absolute atomic E-state index is 13.2. The number of carbonyl (C=O) groups is 1. The van der Waals surface area contributed by atoms with Gasteiger partial charge in [0.15, 0.2) is 6.54 Å². The lowest BCUT2D eigenvalue weighted by Gasteiger charge is -2.14. The normalized spacial score (nSPS) is 11.8. The van der Waals surface area contributed by atoms with E-state index >= 15 is 0 Å². The minimum atomic E-state index is -0.522. The molecule has 0 heterocycles. The van der Waals surface area contributed by atoms with Crippen LogP contribution >= 0.6 is 0 Å². The number of nitrogens with one attached hydrogen (secondary N) is 2. The molecular weight excluding hydrogens is 313 g/mol. The molecule has 1 unspecified atom stereocenters. The number of anilines is 1. The SMILES string of the molecule is Cc1cccc([N+](=O)[O-])c1NC(=O)C[NH+](C)Cc1cccc(F)c1. The van der Waals surface area contributed by atoms with Crippen molar-refractivity contribution < 1.29 is 19.0 Å². The van der Waals surface area contributed by atoms with Crippen molar-refractivity contribution >= 4 is 17.3 Å². The first kappa shape index (κ1) is 17.6. The van der Waals surface area contributed by atoms with Gasteiger partial charge < -0.3 is 10.2 Å². The van der Waals surface area contributed by atoms with Crippen molar-refractivity contribution in [2.24, 2.45) is 0 Å². The summed E-state index contributed by atoms with van der Waals surface area (Å²) in [5.41, 5.74) is 1.49. The molecule has 0 spiro atoms. The van der Waals surface area contributed by atoms with Gasteiger partial charge in [0.25, 0.3) is 11.6 Å². The molecule has 1 amide bonds. The van der Waals surface area contributed by atoms with E-state index in [9.17, 15) is 19.3 Å². The standard InChI is InChI=1S/C17H18FN3O3/c1-12-5-3-8-15(21(23)24)17(12)19-16(22)11-20(2)10-13-6-4-7-14(18)9-13/h3-9H,10-11H2,1-2H3,(H,19,22)/p+1. The highest BCUT2D eigenvalue weighted by Crippen LogP contribution is 2.27. The predicted octanol–water partition coefficient (Wildman–Crippen LogP) is 1.70. The Morgan fingerprint density at radius 1 is 1.29 bits per heavy atom. The van der Waals surface area contributed by atoms with E-state index in [-0.39, 0.29) is 29.6 Å². The van der Waals surface area contributed by atoms with Crippen LogP contribution in [0, 0.1) is 22.9 Å². The molecule has 2 N–H and O–H groups in total. The topological polar surface area (TPSA) is 76.7 Å². The molecule has 7 heteroatoms. The van der Waals surface area contributed by atoms with Crippen LogP contribution in [-0.2, 0) is 11.3 Å². The van der Waals surface area contributed by atoms with Crippen LogP contribution in [0.2, 0.25) is 0 Å². The number of hydrogen-bond acceptors (Lipinski definition) is 3. The molecule has 0 radical (unpaired) electrons. The van der Waals surface area contributed by atoms with Gasteiger partial charge in [0.2, 0.25) is 0 Å². The van der Waals surface area contributed by atoms with Crippen LogP contribution in [0.25, 0.3) is 0 Å². The molecule has 126 valence electrons. The number of halogens is 1. The number of benzene rings is 2. The third-order valence-corrected chi connectivity index (χ3v) is 3.57. The Morgan fingerprint density at radius 2 is 2.00 bits per heavy atom. The first-order chi connectivity index (χ1) is 11.4. The molecule has 1 atom stereocenters. The minimum absolute atomic E-state index is 0.113. The maximum Gasteiger partial charge on any atom is 0.293 e. The summed E-state index contributed by atoms with van der Waals surface area (Å²) in [6.07, 6.45) is 0.